The minimum atomic E-state index is -1.26. The van der Waals surface area contributed by atoms with E-state index in [1.165, 1.54) is 30.3 Å². The average molecular weight is 309 g/mol. The number of hydrogen-bond acceptors (Lipinski definition) is 4. The van der Waals surface area contributed by atoms with Crippen molar-refractivity contribution in [3.05, 3.63) is 52.4 Å². The van der Waals surface area contributed by atoms with Crippen LogP contribution in [0.25, 0.3) is 0 Å². The fourth-order valence-electron chi connectivity index (χ4n) is 1.32. The Morgan fingerprint density at radius 3 is 2.28 bits per heavy atom. The van der Waals surface area contributed by atoms with Gasteiger partial charge in [-0.1, -0.05) is 12.1 Å². The fourth-order valence-corrected chi connectivity index (χ4v) is 1.63. The molecule has 92 valence electrons. The molecule has 1 aromatic carbocycles. The summed E-state index contributed by atoms with van der Waals surface area (Å²) in [5, 5.41) is 13.1. The second-order valence-corrected chi connectivity index (χ2v) is 4.20. The van der Waals surface area contributed by atoms with Crippen molar-refractivity contribution in [1.29, 1.82) is 0 Å². The average Bonchev–Trinajstić information content (AvgIpc) is 2.76. The van der Waals surface area contributed by atoms with E-state index >= 15 is 0 Å². The lowest BCUT2D eigenvalue weighted by Crippen LogP contribution is -2.22. The summed E-state index contributed by atoms with van der Waals surface area (Å²) >= 11 is 3.09. The molecular formula is C12H7BrNO4-. The van der Waals surface area contributed by atoms with Crippen molar-refractivity contribution in [2.75, 3.05) is 5.32 Å². The summed E-state index contributed by atoms with van der Waals surface area (Å²) in [6.07, 6.45) is 0. The van der Waals surface area contributed by atoms with Gasteiger partial charge in [-0.3, -0.25) is 4.79 Å². The molecule has 0 fully saturated rings. The highest BCUT2D eigenvalue weighted by molar-refractivity contribution is 9.10. The third-order valence-electron chi connectivity index (χ3n) is 2.18. The molecule has 0 spiro atoms. The van der Waals surface area contributed by atoms with Crippen LogP contribution in [-0.4, -0.2) is 11.9 Å². The van der Waals surface area contributed by atoms with Gasteiger partial charge in [0.15, 0.2) is 10.4 Å². The Bertz CT molecular complexity index is 588. The lowest BCUT2D eigenvalue weighted by Gasteiger charge is -2.05. The van der Waals surface area contributed by atoms with Gasteiger partial charge in [-0.25, -0.2) is 0 Å². The number of furan rings is 1. The Kier molecular flexibility index (Phi) is 3.47. The molecule has 1 heterocycles. The van der Waals surface area contributed by atoms with Gasteiger partial charge in [-0.2, -0.15) is 0 Å². The Morgan fingerprint density at radius 2 is 1.78 bits per heavy atom. The minimum absolute atomic E-state index is 0.0498. The topological polar surface area (TPSA) is 82.4 Å². The zero-order valence-electron chi connectivity index (χ0n) is 8.98. The number of carbonyl (C=O) groups is 2. The van der Waals surface area contributed by atoms with E-state index in [1.54, 1.807) is 6.07 Å². The lowest BCUT2D eigenvalue weighted by molar-refractivity contribution is -0.255. The van der Waals surface area contributed by atoms with Crippen LogP contribution in [0.5, 0.6) is 0 Å². The van der Waals surface area contributed by atoms with E-state index in [2.05, 4.69) is 21.2 Å². The molecule has 0 bridgehead atoms. The predicted molar refractivity (Wildman–Crippen MR) is 65.1 cm³/mol. The first-order valence-electron chi connectivity index (χ1n) is 4.94. The number of benzene rings is 1. The fraction of sp³-hybridized carbons (Fsp3) is 0. The SMILES string of the molecule is O=C([O-])c1ccc(NC(=O)c2ccc(Br)o2)cc1. The number of amides is 1. The number of aromatic carboxylic acids is 1. The molecule has 0 aliphatic heterocycles. The number of rotatable bonds is 3. The molecule has 6 heteroatoms. The van der Waals surface area contributed by atoms with Gasteiger partial charge in [0.2, 0.25) is 0 Å². The lowest BCUT2D eigenvalue weighted by atomic mass is 10.2. The molecule has 0 saturated heterocycles. The first kappa shape index (κ1) is 12.4. The summed E-state index contributed by atoms with van der Waals surface area (Å²) in [5.41, 5.74) is 0.520. The second-order valence-electron chi connectivity index (χ2n) is 3.42. The summed E-state index contributed by atoms with van der Waals surface area (Å²) in [7, 11) is 0. The predicted octanol–water partition coefficient (Wildman–Crippen LogP) is 1.66. The highest BCUT2D eigenvalue weighted by atomic mass is 79.9. The standard InChI is InChI=1S/C12H8BrNO4/c13-10-6-5-9(18-10)11(15)14-8-3-1-7(2-4-8)12(16)17/h1-6H,(H,14,15)(H,16,17)/p-1. The molecular weight excluding hydrogens is 302 g/mol. The Hall–Kier alpha value is -2.08. The van der Waals surface area contributed by atoms with Crippen molar-refractivity contribution in [3.63, 3.8) is 0 Å². The van der Waals surface area contributed by atoms with Crippen molar-refractivity contribution in [1.82, 2.24) is 0 Å². The summed E-state index contributed by atoms with van der Waals surface area (Å²) in [4.78, 5) is 22.2. The first-order chi connectivity index (χ1) is 8.56. The van der Waals surface area contributed by atoms with Crippen LogP contribution in [0.2, 0.25) is 0 Å². The highest BCUT2D eigenvalue weighted by Gasteiger charge is 2.10. The summed E-state index contributed by atoms with van der Waals surface area (Å²) in [5.74, 6) is -1.52. The minimum Gasteiger partial charge on any atom is -0.545 e. The zero-order chi connectivity index (χ0) is 13.1. The van der Waals surface area contributed by atoms with Crippen LogP contribution in [0.3, 0.4) is 0 Å². The summed E-state index contributed by atoms with van der Waals surface area (Å²) in [6, 6.07) is 8.77. The second kappa shape index (κ2) is 5.05. The van der Waals surface area contributed by atoms with Gasteiger partial charge in [-0.05, 0) is 45.8 Å². The van der Waals surface area contributed by atoms with E-state index < -0.39 is 11.9 Å². The molecule has 0 unspecified atom stereocenters. The molecule has 1 aromatic heterocycles. The maximum absolute atomic E-state index is 11.7. The molecule has 2 rings (SSSR count). The molecule has 0 atom stereocenters. The van der Waals surface area contributed by atoms with Crippen molar-refractivity contribution in [2.24, 2.45) is 0 Å². The monoisotopic (exact) mass is 308 g/mol. The van der Waals surface area contributed by atoms with Gasteiger partial charge >= 0.3 is 0 Å². The van der Waals surface area contributed by atoms with Crippen molar-refractivity contribution in [3.8, 4) is 0 Å². The van der Waals surface area contributed by atoms with Gasteiger partial charge in [0.25, 0.3) is 5.91 Å². The molecule has 5 nitrogen and oxygen atoms in total. The third kappa shape index (κ3) is 2.78. The normalized spacial score (nSPS) is 10.1. The van der Waals surface area contributed by atoms with Crippen molar-refractivity contribution < 1.29 is 19.1 Å². The number of carboxylic acids is 1. The van der Waals surface area contributed by atoms with Crippen LogP contribution in [-0.2, 0) is 0 Å². The van der Waals surface area contributed by atoms with E-state index in [9.17, 15) is 14.7 Å². The highest BCUT2D eigenvalue weighted by Crippen LogP contribution is 2.16. The van der Waals surface area contributed by atoms with Crippen LogP contribution in [0.1, 0.15) is 20.9 Å². The maximum atomic E-state index is 11.7. The molecule has 0 radical (unpaired) electrons. The molecule has 18 heavy (non-hydrogen) atoms. The Labute approximate surface area is 111 Å². The smallest absolute Gasteiger partial charge is 0.291 e. The van der Waals surface area contributed by atoms with E-state index in [4.69, 9.17) is 4.42 Å². The van der Waals surface area contributed by atoms with E-state index in [0.29, 0.717) is 10.4 Å². The quantitative estimate of drug-likeness (QED) is 0.934. The first-order valence-corrected chi connectivity index (χ1v) is 5.73. The van der Waals surface area contributed by atoms with Gasteiger partial charge < -0.3 is 19.6 Å². The maximum Gasteiger partial charge on any atom is 0.291 e. The number of carboxylic acid groups (broad SMARTS) is 1. The molecule has 2 aromatic rings. The molecule has 1 amide bonds. The number of anilines is 1. The molecule has 0 aliphatic carbocycles. The van der Waals surface area contributed by atoms with Crippen LogP contribution in [0, 0.1) is 0 Å². The number of carbonyl (C=O) groups excluding carboxylic acids is 2. The van der Waals surface area contributed by atoms with Gasteiger partial charge in [0, 0.05) is 5.69 Å². The Balaban J connectivity index is 2.10. The number of hydrogen-bond donors (Lipinski definition) is 1. The van der Waals surface area contributed by atoms with Crippen molar-refractivity contribution in [2.45, 2.75) is 0 Å². The molecule has 0 aliphatic rings. The third-order valence-corrected chi connectivity index (χ3v) is 2.60. The van der Waals surface area contributed by atoms with E-state index in [1.807, 2.05) is 0 Å². The number of halogens is 1. The van der Waals surface area contributed by atoms with Gasteiger partial charge in [-0.15, -0.1) is 0 Å². The Morgan fingerprint density at radius 1 is 1.11 bits per heavy atom. The largest absolute Gasteiger partial charge is 0.545 e. The van der Waals surface area contributed by atoms with E-state index in [0.717, 1.165) is 0 Å². The zero-order valence-corrected chi connectivity index (χ0v) is 10.6. The van der Waals surface area contributed by atoms with E-state index in [-0.39, 0.29) is 11.3 Å². The number of nitrogens with one attached hydrogen (secondary N) is 1. The van der Waals surface area contributed by atoms with Crippen molar-refractivity contribution >= 4 is 33.5 Å². The van der Waals surface area contributed by atoms with Crippen LogP contribution >= 0.6 is 15.9 Å². The van der Waals surface area contributed by atoms with Gasteiger partial charge in [0.05, 0.1) is 5.97 Å². The summed E-state index contributed by atoms with van der Waals surface area (Å²) in [6.45, 7) is 0. The molecule has 0 saturated carbocycles. The summed E-state index contributed by atoms with van der Waals surface area (Å²) < 4.78 is 5.54. The van der Waals surface area contributed by atoms with Gasteiger partial charge in [0.1, 0.15) is 0 Å². The van der Waals surface area contributed by atoms with Crippen LogP contribution in [0.15, 0.2) is 45.5 Å². The van der Waals surface area contributed by atoms with Crippen LogP contribution < -0.4 is 10.4 Å². The van der Waals surface area contributed by atoms with Crippen LogP contribution in [0.4, 0.5) is 5.69 Å². The molecule has 1 N–H and O–H groups in total.